The second-order valence-electron chi connectivity index (χ2n) is 9.18. The normalized spacial score (nSPS) is 18.1. The van der Waals surface area contributed by atoms with E-state index in [0.29, 0.717) is 60.1 Å². The minimum Gasteiger partial charge on any atom is -0.493 e. The Bertz CT molecular complexity index is 1270. The molecule has 2 aromatic rings. The summed E-state index contributed by atoms with van der Waals surface area (Å²) in [5.74, 6) is -0.375. The van der Waals surface area contributed by atoms with E-state index in [1.165, 1.54) is 37.3 Å². The van der Waals surface area contributed by atoms with Crippen molar-refractivity contribution in [2.45, 2.75) is 13.0 Å². The van der Waals surface area contributed by atoms with Crippen molar-refractivity contribution in [1.29, 1.82) is 0 Å². The molecule has 0 aliphatic carbocycles. The number of nitrogens with one attached hydrogen (secondary N) is 1. The Morgan fingerprint density at radius 3 is 2.41 bits per heavy atom. The molecule has 0 saturated carbocycles. The van der Waals surface area contributed by atoms with Crippen molar-refractivity contribution in [3.8, 4) is 11.5 Å². The number of para-hydroxylation sites is 1. The van der Waals surface area contributed by atoms with Crippen LogP contribution in [0.1, 0.15) is 28.9 Å². The van der Waals surface area contributed by atoms with Crippen LogP contribution in [0.4, 0.5) is 9.18 Å². The van der Waals surface area contributed by atoms with Crippen molar-refractivity contribution >= 4 is 17.9 Å². The van der Waals surface area contributed by atoms with Crippen LogP contribution in [0.3, 0.4) is 0 Å². The number of carbonyl (C=O) groups is 3. The van der Waals surface area contributed by atoms with E-state index < -0.39 is 17.8 Å². The van der Waals surface area contributed by atoms with Crippen LogP contribution in [0.5, 0.6) is 11.5 Å². The van der Waals surface area contributed by atoms with E-state index in [1.54, 1.807) is 43.1 Å². The lowest BCUT2D eigenvalue weighted by Gasteiger charge is -2.39. The number of urea groups is 1. The average Bonchev–Trinajstić information content (AvgIpc) is 2.94. The second-order valence-corrected chi connectivity index (χ2v) is 9.18. The first kappa shape index (κ1) is 27.9. The number of halogens is 1. The Kier molecular flexibility index (Phi) is 8.70. The van der Waals surface area contributed by atoms with Gasteiger partial charge in [0.1, 0.15) is 5.82 Å². The maximum Gasteiger partial charge on any atom is 0.338 e. The summed E-state index contributed by atoms with van der Waals surface area (Å²) < 4.78 is 30.1. The molecular weight excluding hydrogens is 507 g/mol. The molecule has 208 valence electrons. The highest BCUT2D eigenvalue weighted by atomic mass is 19.1. The van der Waals surface area contributed by atoms with Gasteiger partial charge < -0.3 is 24.4 Å². The van der Waals surface area contributed by atoms with Gasteiger partial charge >= 0.3 is 12.0 Å². The van der Waals surface area contributed by atoms with Crippen LogP contribution in [0, 0.1) is 5.82 Å². The van der Waals surface area contributed by atoms with Crippen LogP contribution in [-0.2, 0) is 9.53 Å². The maximum atomic E-state index is 13.6. The summed E-state index contributed by atoms with van der Waals surface area (Å²) in [6.45, 7) is 4.01. The van der Waals surface area contributed by atoms with Crippen molar-refractivity contribution in [2.75, 3.05) is 60.6 Å². The third-order valence-electron chi connectivity index (χ3n) is 6.92. The number of hydrogen-bond acceptors (Lipinski definition) is 7. The van der Waals surface area contributed by atoms with E-state index in [-0.39, 0.29) is 25.1 Å². The van der Waals surface area contributed by atoms with Gasteiger partial charge in [0.25, 0.3) is 5.91 Å². The number of hydrogen-bond donors (Lipinski definition) is 1. The number of carbonyl (C=O) groups excluding carboxylic acids is 3. The molecule has 1 fully saturated rings. The lowest BCUT2D eigenvalue weighted by molar-refractivity contribution is -0.139. The first-order valence-electron chi connectivity index (χ1n) is 12.7. The van der Waals surface area contributed by atoms with E-state index in [1.807, 2.05) is 0 Å². The van der Waals surface area contributed by atoms with Crippen LogP contribution >= 0.6 is 0 Å². The van der Waals surface area contributed by atoms with Gasteiger partial charge in [-0.3, -0.25) is 14.6 Å². The lowest BCUT2D eigenvalue weighted by atomic mass is 9.93. The Labute approximate surface area is 226 Å². The molecule has 0 bridgehead atoms. The molecule has 2 aliphatic heterocycles. The van der Waals surface area contributed by atoms with Gasteiger partial charge in [-0.05, 0) is 31.2 Å². The van der Waals surface area contributed by atoms with Gasteiger partial charge in [-0.2, -0.15) is 0 Å². The van der Waals surface area contributed by atoms with Gasteiger partial charge in [0.15, 0.2) is 11.5 Å². The molecule has 0 aromatic heterocycles. The van der Waals surface area contributed by atoms with Gasteiger partial charge in [-0.15, -0.1) is 0 Å². The summed E-state index contributed by atoms with van der Waals surface area (Å²) in [5.41, 5.74) is 1.65. The van der Waals surface area contributed by atoms with Gasteiger partial charge in [0, 0.05) is 56.6 Å². The highest BCUT2D eigenvalue weighted by Gasteiger charge is 2.39. The topological polar surface area (TPSA) is 101 Å². The lowest BCUT2D eigenvalue weighted by Crippen LogP contribution is -2.53. The number of ether oxygens (including phenoxy) is 3. The molecular formula is C28H33FN4O6. The van der Waals surface area contributed by atoms with Crippen molar-refractivity contribution in [3.63, 3.8) is 0 Å². The number of piperazine rings is 1. The largest absolute Gasteiger partial charge is 0.493 e. The molecule has 1 saturated heterocycles. The van der Waals surface area contributed by atoms with Crippen molar-refractivity contribution in [2.24, 2.45) is 0 Å². The fourth-order valence-electron chi connectivity index (χ4n) is 4.90. The zero-order chi connectivity index (χ0) is 28.1. The fraction of sp³-hybridized carbons (Fsp3) is 0.393. The van der Waals surface area contributed by atoms with E-state index in [9.17, 15) is 18.8 Å². The highest BCUT2D eigenvalue weighted by Crippen LogP contribution is 2.40. The molecule has 3 amide bonds. The van der Waals surface area contributed by atoms with Gasteiger partial charge in [-0.1, -0.05) is 18.2 Å². The van der Waals surface area contributed by atoms with E-state index in [4.69, 9.17) is 14.2 Å². The van der Waals surface area contributed by atoms with E-state index >= 15 is 0 Å². The maximum absolute atomic E-state index is 13.6. The molecule has 4 rings (SSSR count). The molecule has 0 unspecified atom stereocenters. The van der Waals surface area contributed by atoms with E-state index in [2.05, 4.69) is 10.2 Å². The van der Waals surface area contributed by atoms with Crippen LogP contribution < -0.4 is 14.8 Å². The van der Waals surface area contributed by atoms with Crippen LogP contribution in [0.15, 0.2) is 53.7 Å². The number of methoxy groups -OCH3 is 2. The summed E-state index contributed by atoms with van der Waals surface area (Å²) >= 11 is 0. The fourth-order valence-corrected chi connectivity index (χ4v) is 4.90. The SMILES string of the molecule is CCOC(=O)C1=C(CN2CCN(C(=O)c3cccc(F)c3)CC2)N(C)C(=O)N[C@H]1c1cccc(OC)c1OC. The second kappa shape index (κ2) is 12.2. The molecule has 0 spiro atoms. The highest BCUT2D eigenvalue weighted by molar-refractivity contribution is 5.96. The Morgan fingerprint density at radius 2 is 1.77 bits per heavy atom. The summed E-state index contributed by atoms with van der Waals surface area (Å²) in [6.07, 6.45) is 0. The smallest absolute Gasteiger partial charge is 0.338 e. The summed E-state index contributed by atoms with van der Waals surface area (Å²) in [4.78, 5) is 44.4. The number of rotatable bonds is 8. The van der Waals surface area contributed by atoms with Crippen molar-refractivity contribution in [3.05, 3.63) is 70.7 Å². The number of likely N-dealkylation sites (N-methyl/N-ethyl adjacent to an activating group) is 1. The molecule has 11 heteroatoms. The van der Waals surface area contributed by atoms with Gasteiger partial charge in [0.05, 0.1) is 32.4 Å². The minimum atomic E-state index is -0.830. The zero-order valence-electron chi connectivity index (χ0n) is 22.5. The number of benzene rings is 2. The molecule has 1 N–H and O–H groups in total. The quantitative estimate of drug-likeness (QED) is 0.514. The Morgan fingerprint density at radius 1 is 1.05 bits per heavy atom. The van der Waals surface area contributed by atoms with Gasteiger partial charge in [0.2, 0.25) is 0 Å². The first-order valence-corrected chi connectivity index (χ1v) is 12.7. The van der Waals surface area contributed by atoms with Crippen LogP contribution in [0.2, 0.25) is 0 Å². The van der Waals surface area contributed by atoms with E-state index in [0.717, 1.165) is 0 Å². The Hall–Kier alpha value is -4.12. The zero-order valence-corrected chi connectivity index (χ0v) is 22.5. The molecule has 10 nitrogen and oxygen atoms in total. The number of amides is 3. The first-order chi connectivity index (χ1) is 18.8. The monoisotopic (exact) mass is 540 g/mol. The standard InChI is InChI=1S/C28H33FN4O6/c1-5-39-27(35)23-21(17-32-12-14-33(15-13-32)26(34)18-8-6-9-19(29)16-18)31(2)28(36)30-24(23)20-10-7-11-22(37-3)25(20)38-4/h6-11,16,24H,5,12-15,17H2,1-4H3,(H,30,36)/t24-/m0/s1. The number of esters is 1. The predicted molar refractivity (Wildman–Crippen MR) is 141 cm³/mol. The minimum absolute atomic E-state index is 0.163. The summed E-state index contributed by atoms with van der Waals surface area (Å²) in [5, 5.41) is 2.90. The molecule has 2 heterocycles. The Balaban J connectivity index is 1.63. The molecule has 1 atom stereocenters. The van der Waals surface area contributed by atoms with Crippen LogP contribution in [-0.4, -0.2) is 93.2 Å². The number of nitrogens with zero attached hydrogens (tertiary/aromatic N) is 3. The third kappa shape index (κ3) is 5.83. The average molecular weight is 541 g/mol. The summed E-state index contributed by atoms with van der Waals surface area (Å²) in [6, 6.07) is 9.69. The van der Waals surface area contributed by atoms with Gasteiger partial charge in [-0.25, -0.2) is 14.0 Å². The predicted octanol–water partition coefficient (Wildman–Crippen LogP) is 2.81. The van der Waals surface area contributed by atoms with Crippen molar-refractivity contribution in [1.82, 2.24) is 20.0 Å². The summed E-state index contributed by atoms with van der Waals surface area (Å²) in [7, 11) is 4.62. The molecule has 2 aromatic carbocycles. The molecule has 0 radical (unpaired) electrons. The molecule has 2 aliphatic rings. The van der Waals surface area contributed by atoms with Crippen molar-refractivity contribution < 1.29 is 33.0 Å². The third-order valence-corrected chi connectivity index (χ3v) is 6.92. The van der Waals surface area contributed by atoms with Crippen LogP contribution in [0.25, 0.3) is 0 Å². The molecule has 39 heavy (non-hydrogen) atoms.